The van der Waals surface area contributed by atoms with Crippen LogP contribution in [0.25, 0.3) is 17.0 Å². The Balaban J connectivity index is 1.56. The van der Waals surface area contributed by atoms with E-state index in [9.17, 15) is 14.9 Å². The smallest absolute Gasteiger partial charge is 0.363 e. The highest BCUT2D eigenvalue weighted by Crippen LogP contribution is 2.28. The molecular formula is C25H17N3O4. The van der Waals surface area contributed by atoms with Crippen LogP contribution in [0.3, 0.4) is 0 Å². The molecule has 4 aromatic rings. The molecule has 0 amide bonds. The maximum absolute atomic E-state index is 12.4. The first-order valence-corrected chi connectivity index (χ1v) is 9.98. The molecule has 0 saturated carbocycles. The Labute approximate surface area is 183 Å². The predicted molar refractivity (Wildman–Crippen MR) is 121 cm³/mol. The monoisotopic (exact) mass is 423 g/mol. The van der Waals surface area contributed by atoms with Gasteiger partial charge < -0.3 is 9.30 Å². The van der Waals surface area contributed by atoms with E-state index in [-0.39, 0.29) is 22.2 Å². The fraction of sp³-hybridized carbons (Fsp3) is 0.0400. The van der Waals surface area contributed by atoms with Crippen molar-refractivity contribution in [3.8, 4) is 0 Å². The van der Waals surface area contributed by atoms with Crippen LogP contribution in [0.5, 0.6) is 0 Å². The summed E-state index contributed by atoms with van der Waals surface area (Å²) in [7, 11) is 0. The lowest BCUT2D eigenvalue weighted by Gasteiger charge is -2.06. The molecule has 1 aliphatic heterocycles. The van der Waals surface area contributed by atoms with Gasteiger partial charge in [0.25, 0.3) is 5.69 Å². The molecule has 0 saturated heterocycles. The van der Waals surface area contributed by atoms with Gasteiger partial charge in [0.05, 0.1) is 11.5 Å². The Morgan fingerprint density at radius 2 is 1.69 bits per heavy atom. The van der Waals surface area contributed by atoms with Crippen molar-refractivity contribution < 1.29 is 14.5 Å². The third-order valence-corrected chi connectivity index (χ3v) is 5.28. The highest BCUT2D eigenvalue weighted by molar-refractivity contribution is 6.13. The molecule has 0 fully saturated rings. The van der Waals surface area contributed by atoms with E-state index in [0.717, 1.165) is 22.0 Å². The number of nitro benzene ring substituents is 1. The average Bonchev–Trinajstić information content (AvgIpc) is 3.35. The first kappa shape index (κ1) is 19.4. The molecule has 1 aromatic heterocycles. The van der Waals surface area contributed by atoms with Crippen LogP contribution in [0.15, 0.2) is 95.7 Å². The number of para-hydroxylation sites is 2. The summed E-state index contributed by atoms with van der Waals surface area (Å²) >= 11 is 0. The fourth-order valence-corrected chi connectivity index (χ4v) is 3.79. The van der Waals surface area contributed by atoms with Gasteiger partial charge in [-0.15, -0.1) is 0 Å². The molecule has 0 radical (unpaired) electrons. The number of hydrogen-bond acceptors (Lipinski definition) is 5. The SMILES string of the molecule is O=C1OC(c2ccccc2)=NC1=Cc1cn(Cc2ccccc2[N+](=O)[O-])c2ccccc12. The van der Waals surface area contributed by atoms with Crippen molar-refractivity contribution >= 4 is 34.5 Å². The van der Waals surface area contributed by atoms with Gasteiger partial charge in [0.15, 0.2) is 5.70 Å². The lowest BCUT2D eigenvalue weighted by molar-refractivity contribution is -0.385. The fourth-order valence-electron chi connectivity index (χ4n) is 3.79. The van der Waals surface area contributed by atoms with Gasteiger partial charge in [-0.3, -0.25) is 10.1 Å². The first-order chi connectivity index (χ1) is 15.6. The normalized spacial score (nSPS) is 14.6. The van der Waals surface area contributed by atoms with E-state index in [1.54, 1.807) is 24.3 Å². The van der Waals surface area contributed by atoms with Gasteiger partial charge in [0.2, 0.25) is 5.90 Å². The summed E-state index contributed by atoms with van der Waals surface area (Å²) in [6.45, 7) is 0.323. The summed E-state index contributed by atoms with van der Waals surface area (Å²) in [6, 6.07) is 23.6. The zero-order chi connectivity index (χ0) is 22.1. The van der Waals surface area contributed by atoms with Crippen molar-refractivity contribution in [2.75, 3.05) is 0 Å². The minimum absolute atomic E-state index is 0.0710. The minimum atomic E-state index is -0.514. The molecular weight excluding hydrogens is 406 g/mol. The van der Waals surface area contributed by atoms with Gasteiger partial charge in [0, 0.05) is 39.9 Å². The molecule has 0 spiro atoms. The molecule has 1 aliphatic rings. The topological polar surface area (TPSA) is 86.7 Å². The number of carbonyl (C=O) groups is 1. The molecule has 0 unspecified atom stereocenters. The van der Waals surface area contributed by atoms with Gasteiger partial charge in [-0.1, -0.05) is 54.6 Å². The van der Waals surface area contributed by atoms with Crippen molar-refractivity contribution in [2.24, 2.45) is 4.99 Å². The molecule has 5 rings (SSSR count). The molecule has 2 heterocycles. The maximum atomic E-state index is 12.4. The second-order valence-corrected chi connectivity index (χ2v) is 7.32. The Morgan fingerprint density at radius 1 is 0.969 bits per heavy atom. The van der Waals surface area contributed by atoms with Crippen LogP contribution in [0.1, 0.15) is 16.7 Å². The van der Waals surface area contributed by atoms with E-state index < -0.39 is 5.97 Å². The van der Waals surface area contributed by atoms with E-state index in [1.165, 1.54) is 6.07 Å². The lowest BCUT2D eigenvalue weighted by atomic mass is 10.1. The number of benzene rings is 3. The second-order valence-electron chi connectivity index (χ2n) is 7.32. The van der Waals surface area contributed by atoms with Crippen LogP contribution < -0.4 is 0 Å². The molecule has 0 bridgehead atoms. The second kappa shape index (κ2) is 7.96. The van der Waals surface area contributed by atoms with Gasteiger partial charge >= 0.3 is 5.97 Å². The minimum Gasteiger partial charge on any atom is -0.402 e. The quantitative estimate of drug-likeness (QED) is 0.197. The Kier molecular flexibility index (Phi) is 4.84. The number of ether oxygens (including phenoxy) is 1. The number of nitrogens with zero attached hydrogens (tertiary/aromatic N) is 3. The molecule has 7 nitrogen and oxygen atoms in total. The molecule has 0 aliphatic carbocycles. The number of esters is 1. The number of hydrogen-bond donors (Lipinski definition) is 0. The van der Waals surface area contributed by atoms with Gasteiger partial charge in [-0.25, -0.2) is 9.79 Å². The predicted octanol–water partition coefficient (Wildman–Crippen LogP) is 4.94. The Hall–Kier alpha value is -4.52. The lowest BCUT2D eigenvalue weighted by Crippen LogP contribution is -2.04. The molecule has 156 valence electrons. The number of rotatable bonds is 5. The highest BCUT2D eigenvalue weighted by atomic mass is 16.6. The highest BCUT2D eigenvalue weighted by Gasteiger charge is 2.24. The van der Waals surface area contributed by atoms with E-state index in [2.05, 4.69) is 4.99 Å². The number of aliphatic imine (C=N–C) groups is 1. The molecule has 3 aromatic carbocycles. The van der Waals surface area contributed by atoms with Crippen molar-refractivity contribution in [3.05, 3.63) is 118 Å². The van der Waals surface area contributed by atoms with Gasteiger partial charge in [-0.05, 0) is 24.3 Å². The summed E-state index contributed by atoms with van der Waals surface area (Å²) in [5, 5.41) is 12.3. The van der Waals surface area contributed by atoms with Crippen molar-refractivity contribution in [3.63, 3.8) is 0 Å². The van der Waals surface area contributed by atoms with Crippen molar-refractivity contribution in [1.29, 1.82) is 0 Å². The standard InChI is InChI=1S/C25H17N3O4/c29-25-21(26-24(32-25)17-8-2-1-3-9-17)14-19-16-27(23-13-7-5-11-20(19)23)15-18-10-4-6-12-22(18)28(30)31/h1-14,16H,15H2. The summed E-state index contributed by atoms with van der Waals surface area (Å²) < 4.78 is 7.29. The van der Waals surface area contributed by atoms with Crippen molar-refractivity contribution in [2.45, 2.75) is 6.54 Å². The zero-order valence-corrected chi connectivity index (χ0v) is 16.8. The van der Waals surface area contributed by atoms with Gasteiger partial charge in [-0.2, -0.15) is 0 Å². The van der Waals surface area contributed by atoms with Crippen LogP contribution in [0.2, 0.25) is 0 Å². The third kappa shape index (κ3) is 3.56. The zero-order valence-electron chi connectivity index (χ0n) is 16.8. The van der Waals surface area contributed by atoms with E-state index in [0.29, 0.717) is 12.1 Å². The first-order valence-electron chi connectivity index (χ1n) is 9.98. The van der Waals surface area contributed by atoms with Crippen LogP contribution in [0.4, 0.5) is 5.69 Å². The van der Waals surface area contributed by atoms with Crippen LogP contribution >= 0.6 is 0 Å². The number of cyclic esters (lactones) is 1. The number of fused-ring (bicyclic) bond motifs is 1. The Bertz CT molecular complexity index is 1420. The summed E-state index contributed by atoms with van der Waals surface area (Å²) in [5.41, 5.74) is 3.28. The summed E-state index contributed by atoms with van der Waals surface area (Å²) in [6.07, 6.45) is 3.56. The van der Waals surface area contributed by atoms with Crippen LogP contribution in [-0.2, 0) is 16.1 Å². The maximum Gasteiger partial charge on any atom is 0.363 e. The molecule has 0 atom stereocenters. The molecule has 32 heavy (non-hydrogen) atoms. The molecule has 0 N–H and O–H groups in total. The summed E-state index contributed by atoms with van der Waals surface area (Å²) in [5.74, 6) is -0.245. The Morgan fingerprint density at radius 3 is 2.50 bits per heavy atom. The van der Waals surface area contributed by atoms with E-state index >= 15 is 0 Å². The van der Waals surface area contributed by atoms with Crippen LogP contribution in [-0.4, -0.2) is 21.4 Å². The average molecular weight is 423 g/mol. The van der Waals surface area contributed by atoms with Gasteiger partial charge in [0.1, 0.15) is 0 Å². The van der Waals surface area contributed by atoms with Crippen LogP contribution in [0, 0.1) is 10.1 Å². The molecule has 7 heteroatoms. The largest absolute Gasteiger partial charge is 0.402 e. The third-order valence-electron chi connectivity index (χ3n) is 5.28. The number of carbonyl (C=O) groups excluding carboxylic acids is 1. The van der Waals surface area contributed by atoms with E-state index in [1.807, 2.05) is 65.4 Å². The number of nitro groups is 1. The summed E-state index contributed by atoms with van der Waals surface area (Å²) in [4.78, 5) is 27.8. The van der Waals surface area contributed by atoms with Crippen molar-refractivity contribution in [1.82, 2.24) is 4.57 Å². The number of aromatic nitrogens is 1. The van der Waals surface area contributed by atoms with E-state index in [4.69, 9.17) is 4.74 Å².